The highest BCUT2D eigenvalue weighted by Gasteiger charge is 2.27. The monoisotopic (exact) mass is 301 g/mol. The van der Waals surface area contributed by atoms with E-state index >= 15 is 0 Å². The first kappa shape index (κ1) is 14.1. The molecule has 1 fully saturated rings. The minimum Gasteiger partial charge on any atom is -0.351 e. The second kappa shape index (κ2) is 6.25. The molecule has 5 nitrogen and oxygen atoms in total. The van der Waals surface area contributed by atoms with Crippen LogP contribution in [0.3, 0.4) is 0 Å². The first-order chi connectivity index (χ1) is 9.06. The zero-order valence-corrected chi connectivity index (χ0v) is 12.0. The van der Waals surface area contributed by atoms with Gasteiger partial charge >= 0.3 is 6.03 Å². The van der Waals surface area contributed by atoms with Gasteiger partial charge in [-0.15, -0.1) is 11.3 Å². The number of hydrogen-bond donors (Lipinski definition) is 2. The fraction of sp³-hybridized carbons (Fsp3) is 0.500. The number of piperidine rings is 1. The van der Waals surface area contributed by atoms with Gasteiger partial charge in [0.1, 0.15) is 0 Å². The van der Waals surface area contributed by atoms with Gasteiger partial charge in [-0.25, -0.2) is 4.79 Å². The molecule has 3 N–H and O–H groups in total. The summed E-state index contributed by atoms with van der Waals surface area (Å²) in [7, 11) is 0. The second-order valence-corrected chi connectivity index (χ2v) is 6.35. The summed E-state index contributed by atoms with van der Waals surface area (Å²) in [4.78, 5) is 25.7. The Morgan fingerprint density at radius 1 is 1.53 bits per heavy atom. The Balaban J connectivity index is 1.84. The Bertz CT molecular complexity index is 477. The van der Waals surface area contributed by atoms with E-state index in [2.05, 4.69) is 5.32 Å². The molecule has 0 spiro atoms. The van der Waals surface area contributed by atoms with Crippen LogP contribution in [0, 0.1) is 5.92 Å². The van der Waals surface area contributed by atoms with Crippen LogP contribution in [0.5, 0.6) is 0 Å². The van der Waals surface area contributed by atoms with Crippen molar-refractivity contribution >= 4 is 34.9 Å². The fourth-order valence-electron chi connectivity index (χ4n) is 2.16. The lowest BCUT2D eigenvalue weighted by molar-refractivity contribution is -0.126. The van der Waals surface area contributed by atoms with Gasteiger partial charge in [0, 0.05) is 18.0 Å². The Labute approximate surface area is 120 Å². The number of likely N-dealkylation sites (tertiary alicyclic amines) is 1. The number of carbonyl (C=O) groups is 2. The molecule has 1 aliphatic rings. The zero-order chi connectivity index (χ0) is 13.8. The first-order valence-electron chi connectivity index (χ1n) is 6.12. The van der Waals surface area contributed by atoms with Crippen LogP contribution >= 0.6 is 22.9 Å². The van der Waals surface area contributed by atoms with Gasteiger partial charge in [-0.1, -0.05) is 11.6 Å². The van der Waals surface area contributed by atoms with E-state index < -0.39 is 6.03 Å². The van der Waals surface area contributed by atoms with Gasteiger partial charge in [-0.05, 0) is 25.0 Å². The molecule has 0 bridgehead atoms. The molecule has 1 atom stereocenters. The molecule has 2 heterocycles. The number of thiophene rings is 1. The van der Waals surface area contributed by atoms with E-state index in [4.69, 9.17) is 17.3 Å². The van der Waals surface area contributed by atoms with Gasteiger partial charge < -0.3 is 16.0 Å². The molecule has 1 aromatic rings. The topological polar surface area (TPSA) is 75.4 Å². The zero-order valence-electron chi connectivity index (χ0n) is 10.4. The van der Waals surface area contributed by atoms with E-state index in [0.29, 0.717) is 24.0 Å². The summed E-state index contributed by atoms with van der Waals surface area (Å²) in [6, 6.07) is 3.25. The van der Waals surface area contributed by atoms with E-state index in [1.807, 2.05) is 12.1 Å². The van der Waals surface area contributed by atoms with E-state index in [-0.39, 0.29) is 11.8 Å². The average molecular weight is 302 g/mol. The molecule has 1 unspecified atom stereocenters. The summed E-state index contributed by atoms with van der Waals surface area (Å²) in [5.41, 5.74) is 5.24. The molecular weight excluding hydrogens is 286 g/mol. The number of nitrogens with zero attached hydrogens (tertiary/aromatic N) is 1. The van der Waals surface area contributed by atoms with Crippen molar-refractivity contribution in [2.75, 3.05) is 13.1 Å². The van der Waals surface area contributed by atoms with Gasteiger partial charge in [0.15, 0.2) is 0 Å². The van der Waals surface area contributed by atoms with Crippen molar-refractivity contribution in [3.8, 4) is 0 Å². The summed E-state index contributed by atoms with van der Waals surface area (Å²) in [5, 5.41) is 2.88. The normalized spacial score (nSPS) is 19.2. The molecule has 3 amide bonds. The van der Waals surface area contributed by atoms with E-state index in [1.54, 1.807) is 0 Å². The van der Waals surface area contributed by atoms with Crippen molar-refractivity contribution in [1.29, 1.82) is 0 Å². The van der Waals surface area contributed by atoms with Crippen molar-refractivity contribution in [2.24, 2.45) is 11.7 Å². The van der Waals surface area contributed by atoms with Crippen LogP contribution in [-0.4, -0.2) is 29.9 Å². The lowest BCUT2D eigenvalue weighted by Crippen LogP contribution is -2.47. The second-order valence-electron chi connectivity index (χ2n) is 4.55. The fourth-order valence-corrected chi connectivity index (χ4v) is 3.18. The quantitative estimate of drug-likeness (QED) is 0.893. The van der Waals surface area contributed by atoms with Crippen molar-refractivity contribution in [1.82, 2.24) is 10.2 Å². The number of hydrogen-bond acceptors (Lipinski definition) is 3. The van der Waals surface area contributed by atoms with Crippen molar-refractivity contribution in [2.45, 2.75) is 19.4 Å². The Morgan fingerprint density at radius 2 is 2.32 bits per heavy atom. The average Bonchev–Trinajstić information content (AvgIpc) is 2.82. The minimum atomic E-state index is -0.456. The van der Waals surface area contributed by atoms with Crippen LogP contribution in [0.1, 0.15) is 17.7 Å². The third-order valence-electron chi connectivity index (χ3n) is 3.17. The van der Waals surface area contributed by atoms with Crippen molar-refractivity contribution in [3.63, 3.8) is 0 Å². The van der Waals surface area contributed by atoms with Crippen LogP contribution in [-0.2, 0) is 11.3 Å². The molecule has 104 valence electrons. The molecule has 19 heavy (non-hydrogen) atoms. The molecule has 2 rings (SSSR count). The number of rotatable bonds is 3. The van der Waals surface area contributed by atoms with Crippen LogP contribution in [0.25, 0.3) is 0 Å². The van der Waals surface area contributed by atoms with Gasteiger partial charge in [0.25, 0.3) is 0 Å². The van der Waals surface area contributed by atoms with E-state index in [9.17, 15) is 9.59 Å². The molecule has 1 saturated heterocycles. The maximum absolute atomic E-state index is 12.0. The smallest absolute Gasteiger partial charge is 0.314 e. The molecule has 1 aliphatic heterocycles. The number of nitrogens with one attached hydrogen (secondary N) is 1. The Hall–Kier alpha value is -1.27. The van der Waals surface area contributed by atoms with Gasteiger partial charge in [-0.2, -0.15) is 0 Å². The van der Waals surface area contributed by atoms with Crippen LogP contribution < -0.4 is 11.1 Å². The molecule has 0 aliphatic carbocycles. The lowest BCUT2D eigenvalue weighted by Gasteiger charge is -2.30. The van der Waals surface area contributed by atoms with Crippen LogP contribution in [0.2, 0.25) is 4.34 Å². The standard InChI is InChI=1S/C12H16ClN3O2S/c13-10-4-3-9(19-10)6-15-11(17)8-2-1-5-16(7-8)12(14)18/h3-4,8H,1-2,5-7H2,(H2,14,18)(H,15,17). The Morgan fingerprint density at radius 3 is 2.95 bits per heavy atom. The number of halogens is 1. The van der Waals surface area contributed by atoms with E-state index in [1.165, 1.54) is 16.2 Å². The molecule has 1 aromatic heterocycles. The molecular formula is C12H16ClN3O2S. The molecule has 7 heteroatoms. The lowest BCUT2D eigenvalue weighted by atomic mass is 9.97. The number of primary amides is 1. The highest BCUT2D eigenvalue weighted by Crippen LogP contribution is 2.21. The molecule has 0 saturated carbocycles. The SMILES string of the molecule is NC(=O)N1CCCC(C(=O)NCc2ccc(Cl)s2)C1. The number of carbonyl (C=O) groups excluding carboxylic acids is 2. The minimum absolute atomic E-state index is 0.0320. The number of urea groups is 1. The van der Waals surface area contributed by atoms with Crippen LogP contribution in [0.15, 0.2) is 12.1 Å². The maximum Gasteiger partial charge on any atom is 0.314 e. The number of amides is 3. The third kappa shape index (κ3) is 3.84. The van der Waals surface area contributed by atoms with Crippen molar-refractivity contribution in [3.05, 3.63) is 21.3 Å². The molecule has 0 radical (unpaired) electrons. The predicted octanol–water partition coefficient (Wildman–Crippen LogP) is 1.81. The summed E-state index contributed by atoms with van der Waals surface area (Å²) < 4.78 is 0.710. The maximum atomic E-state index is 12.0. The van der Waals surface area contributed by atoms with Crippen molar-refractivity contribution < 1.29 is 9.59 Å². The largest absolute Gasteiger partial charge is 0.351 e. The highest BCUT2D eigenvalue weighted by molar-refractivity contribution is 7.16. The van der Waals surface area contributed by atoms with Gasteiger partial charge in [0.05, 0.1) is 16.8 Å². The summed E-state index contributed by atoms with van der Waals surface area (Å²) >= 11 is 7.27. The van der Waals surface area contributed by atoms with Gasteiger partial charge in [0.2, 0.25) is 5.91 Å². The van der Waals surface area contributed by atoms with Crippen LogP contribution in [0.4, 0.5) is 4.79 Å². The number of nitrogens with two attached hydrogens (primary N) is 1. The molecule has 0 aromatic carbocycles. The highest BCUT2D eigenvalue weighted by atomic mass is 35.5. The third-order valence-corrected chi connectivity index (χ3v) is 4.40. The van der Waals surface area contributed by atoms with Gasteiger partial charge in [-0.3, -0.25) is 4.79 Å². The van der Waals surface area contributed by atoms with E-state index in [0.717, 1.165) is 17.7 Å². The Kier molecular flexibility index (Phi) is 4.66. The summed E-state index contributed by atoms with van der Waals surface area (Å²) in [6.07, 6.45) is 1.60. The first-order valence-corrected chi connectivity index (χ1v) is 7.32. The summed E-state index contributed by atoms with van der Waals surface area (Å²) in [6.45, 7) is 1.52. The predicted molar refractivity (Wildman–Crippen MR) is 75.1 cm³/mol. The summed E-state index contributed by atoms with van der Waals surface area (Å²) in [5.74, 6) is -0.202.